The van der Waals surface area contributed by atoms with Gasteiger partial charge in [0.05, 0.1) is 39.9 Å². The molecule has 0 saturated carbocycles. The average molecular weight is 1210 g/mol. The third-order valence-electron chi connectivity index (χ3n) is 16.0. The van der Waals surface area contributed by atoms with Crippen molar-refractivity contribution in [2.75, 3.05) is 40.9 Å². The summed E-state index contributed by atoms with van der Waals surface area (Å²) in [4.78, 5) is 23.4. The lowest BCUT2D eigenvalue weighted by atomic mass is 10.0. The van der Waals surface area contributed by atoms with Crippen LogP contribution in [0.5, 0.6) is 0 Å². The first-order valence-electron chi connectivity index (χ1n) is 36.1. The van der Waals surface area contributed by atoms with Gasteiger partial charge in [-0.15, -0.1) is 0 Å². The number of amides is 1. The zero-order valence-corrected chi connectivity index (χ0v) is 57.5. The summed E-state index contributed by atoms with van der Waals surface area (Å²) in [6, 6.07) is -0.873. The molecule has 0 spiro atoms. The van der Waals surface area contributed by atoms with Crippen molar-refractivity contribution in [2.45, 2.75) is 341 Å². The molecule has 0 aliphatic carbocycles. The summed E-state index contributed by atoms with van der Waals surface area (Å²) in [7, 11) is 1.55. The van der Waals surface area contributed by atoms with Gasteiger partial charge in [0, 0.05) is 6.42 Å². The number of rotatable bonds is 66. The molecule has 0 saturated heterocycles. The molecule has 0 aromatic carbocycles. The van der Waals surface area contributed by atoms with E-state index in [-0.39, 0.29) is 19.1 Å². The Morgan fingerprint density at radius 2 is 0.718 bits per heavy atom. The second kappa shape index (κ2) is 65.9. The van der Waals surface area contributed by atoms with E-state index in [4.69, 9.17) is 9.05 Å². The van der Waals surface area contributed by atoms with Crippen LogP contribution in [0.2, 0.25) is 0 Å². The summed E-state index contributed by atoms with van der Waals surface area (Å²) in [6.45, 7) is 4.70. The number of quaternary nitrogens is 1. The number of likely N-dealkylation sites (N-methyl/N-ethyl adjacent to an activating group) is 1. The molecule has 494 valence electrons. The summed E-state index contributed by atoms with van der Waals surface area (Å²) in [6.07, 6.45) is 95.8. The molecule has 0 aromatic rings. The molecule has 0 fully saturated rings. The molecule has 0 aromatic heterocycles. The summed E-state index contributed by atoms with van der Waals surface area (Å²) in [5.74, 6) is -0.187. The molecule has 3 N–H and O–H groups in total. The zero-order valence-electron chi connectivity index (χ0n) is 56.6. The Hall–Kier alpha value is -2.58. The lowest BCUT2D eigenvalue weighted by Crippen LogP contribution is -2.45. The van der Waals surface area contributed by atoms with Gasteiger partial charge in [-0.25, -0.2) is 4.57 Å². The Labute approximate surface area is 528 Å². The van der Waals surface area contributed by atoms with Crippen LogP contribution in [-0.2, 0) is 18.4 Å². The van der Waals surface area contributed by atoms with Crippen molar-refractivity contribution in [2.24, 2.45) is 0 Å². The second-order valence-corrected chi connectivity index (χ2v) is 27.0. The predicted molar refractivity (Wildman–Crippen MR) is 373 cm³/mol. The van der Waals surface area contributed by atoms with Gasteiger partial charge in [0.25, 0.3) is 0 Å². The van der Waals surface area contributed by atoms with Crippen LogP contribution in [0.3, 0.4) is 0 Å². The molecule has 3 atom stereocenters. The third-order valence-corrected chi connectivity index (χ3v) is 17.0. The first-order valence-corrected chi connectivity index (χ1v) is 37.6. The lowest BCUT2D eigenvalue weighted by Gasteiger charge is -2.25. The van der Waals surface area contributed by atoms with Gasteiger partial charge in [0.1, 0.15) is 13.2 Å². The standard InChI is InChI=1S/C76H139N2O6P/c1-6-8-10-12-14-16-18-20-22-24-26-28-30-31-32-33-34-35-36-37-38-39-40-41-42-43-44-45-46-47-48-50-52-54-56-58-60-62-64-66-68-70-76(80)77-74(73-84-85(81,82)83-72-71-78(3,4)5)75(79)69-67-65-63-61-59-57-55-53-51-49-29-27-25-23-21-19-17-15-13-11-9-7-2/h8,10,14,16,20,22,26,28,31-32,51,53,59,61,67,69,74-75,79H,6-7,9,11-13,15,17-19,21,23-25,27,29-30,33-50,52,54-58,60,62-66,68,70-73H2,1-5H3,(H-,77,80,81,82)/p+1/b10-8-,16-14-,22-20-,28-26-,32-31-,53-51+,61-59+,69-67+. The molecule has 3 unspecified atom stereocenters. The quantitative estimate of drug-likeness (QED) is 0.0243. The van der Waals surface area contributed by atoms with Gasteiger partial charge >= 0.3 is 7.82 Å². The molecule has 8 nitrogen and oxygen atoms in total. The largest absolute Gasteiger partial charge is 0.472 e. The van der Waals surface area contributed by atoms with E-state index in [1.807, 2.05) is 27.2 Å². The van der Waals surface area contributed by atoms with Crippen molar-refractivity contribution >= 4 is 13.7 Å². The van der Waals surface area contributed by atoms with E-state index in [9.17, 15) is 19.4 Å². The Morgan fingerprint density at radius 1 is 0.412 bits per heavy atom. The number of phosphoric ester groups is 1. The molecule has 0 rings (SSSR count). The fraction of sp³-hybridized carbons (Fsp3) is 0.776. The van der Waals surface area contributed by atoms with Gasteiger partial charge in [0.2, 0.25) is 5.91 Å². The molecule has 0 aliphatic rings. The minimum atomic E-state index is -4.37. The van der Waals surface area contributed by atoms with E-state index in [2.05, 4.69) is 104 Å². The van der Waals surface area contributed by atoms with Gasteiger partial charge in [-0.3, -0.25) is 13.8 Å². The third kappa shape index (κ3) is 68.8. The zero-order chi connectivity index (χ0) is 61.9. The smallest absolute Gasteiger partial charge is 0.387 e. The van der Waals surface area contributed by atoms with Gasteiger partial charge in [-0.05, 0) is 89.9 Å². The maximum absolute atomic E-state index is 13.0. The van der Waals surface area contributed by atoms with Crippen molar-refractivity contribution in [3.63, 3.8) is 0 Å². The summed E-state index contributed by atoms with van der Waals surface area (Å²) in [5.41, 5.74) is 0. The molecule has 1 amide bonds. The van der Waals surface area contributed by atoms with Crippen LogP contribution < -0.4 is 5.32 Å². The lowest BCUT2D eigenvalue weighted by molar-refractivity contribution is -0.870. The average Bonchev–Trinajstić information content (AvgIpc) is 3.48. The fourth-order valence-corrected chi connectivity index (χ4v) is 11.2. The highest BCUT2D eigenvalue weighted by Crippen LogP contribution is 2.43. The molecule has 85 heavy (non-hydrogen) atoms. The predicted octanol–water partition coefficient (Wildman–Crippen LogP) is 23.3. The number of hydrogen-bond acceptors (Lipinski definition) is 5. The van der Waals surface area contributed by atoms with E-state index in [0.717, 1.165) is 77.0 Å². The highest BCUT2D eigenvalue weighted by atomic mass is 31.2. The maximum Gasteiger partial charge on any atom is 0.472 e. The van der Waals surface area contributed by atoms with Crippen LogP contribution in [-0.4, -0.2) is 73.4 Å². The number of hydrogen-bond donors (Lipinski definition) is 3. The molecule has 0 radical (unpaired) electrons. The molecule has 0 aliphatic heterocycles. The second-order valence-electron chi connectivity index (χ2n) is 25.6. The maximum atomic E-state index is 13.0. The van der Waals surface area contributed by atoms with E-state index in [1.54, 1.807) is 6.08 Å². The number of phosphoric acid groups is 1. The van der Waals surface area contributed by atoms with Crippen molar-refractivity contribution in [1.29, 1.82) is 0 Å². The normalized spacial score (nSPS) is 14.2. The molecular weight excluding hydrogens is 1070 g/mol. The van der Waals surface area contributed by atoms with E-state index < -0.39 is 20.0 Å². The fourth-order valence-electron chi connectivity index (χ4n) is 10.5. The van der Waals surface area contributed by atoms with Crippen molar-refractivity contribution in [1.82, 2.24) is 5.32 Å². The van der Waals surface area contributed by atoms with Crippen molar-refractivity contribution < 1.29 is 32.9 Å². The molecule has 0 bridgehead atoms. The first kappa shape index (κ1) is 82.4. The van der Waals surface area contributed by atoms with Gasteiger partial charge in [-0.2, -0.15) is 0 Å². The molecule has 9 heteroatoms. The number of allylic oxidation sites excluding steroid dienone is 15. The topological polar surface area (TPSA) is 105 Å². The van der Waals surface area contributed by atoms with E-state index >= 15 is 0 Å². The number of aliphatic hydroxyl groups is 1. The van der Waals surface area contributed by atoms with E-state index in [1.165, 1.54) is 231 Å². The van der Waals surface area contributed by atoms with Crippen molar-refractivity contribution in [3.8, 4) is 0 Å². The summed E-state index contributed by atoms with van der Waals surface area (Å²) < 4.78 is 23.8. The SMILES string of the molecule is CC/C=C\C/C=C\C/C=C\C/C=C\C/C=C\CCCCCCCCCCCCCCCCCCCCCCCCCCCC(=O)NC(COP(=O)(O)OCC[N+](C)(C)C)C(O)/C=C/CC/C=C/CC/C=C/CCCCCCCCCCCCCC. The summed E-state index contributed by atoms with van der Waals surface area (Å²) in [5, 5.41) is 14.0. The van der Waals surface area contributed by atoms with Crippen LogP contribution in [0, 0.1) is 0 Å². The van der Waals surface area contributed by atoms with Gasteiger partial charge in [-0.1, -0.05) is 329 Å². The Morgan fingerprint density at radius 3 is 1.08 bits per heavy atom. The van der Waals surface area contributed by atoms with Crippen LogP contribution in [0.25, 0.3) is 0 Å². The minimum absolute atomic E-state index is 0.0525. The van der Waals surface area contributed by atoms with Crippen LogP contribution in [0.1, 0.15) is 328 Å². The Kier molecular flexibility index (Phi) is 63.9. The minimum Gasteiger partial charge on any atom is -0.387 e. The van der Waals surface area contributed by atoms with Crippen LogP contribution in [0.15, 0.2) is 97.2 Å². The number of nitrogens with zero attached hydrogens (tertiary/aromatic N) is 1. The number of unbranched alkanes of at least 4 members (excludes halogenated alkanes) is 39. The number of nitrogens with one attached hydrogen (secondary N) is 1. The van der Waals surface area contributed by atoms with Crippen molar-refractivity contribution in [3.05, 3.63) is 97.2 Å². The number of carbonyl (C=O) groups is 1. The molecular formula is C76H140N2O6P+. The monoisotopic (exact) mass is 1210 g/mol. The highest BCUT2D eigenvalue weighted by Gasteiger charge is 2.28. The number of aliphatic hydroxyl groups excluding tert-OH is 1. The summed E-state index contributed by atoms with van der Waals surface area (Å²) >= 11 is 0. The van der Waals surface area contributed by atoms with E-state index in [0.29, 0.717) is 17.4 Å². The molecule has 0 heterocycles. The van der Waals surface area contributed by atoms with Crippen LogP contribution in [0.4, 0.5) is 0 Å². The van der Waals surface area contributed by atoms with Gasteiger partial charge in [0.15, 0.2) is 0 Å². The Balaban J connectivity index is 3.99. The van der Waals surface area contributed by atoms with Gasteiger partial charge < -0.3 is 19.8 Å². The number of carbonyl (C=O) groups excluding carboxylic acids is 1. The Bertz CT molecular complexity index is 1710. The first-order chi connectivity index (χ1) is 41.5. The highest BCUT2D eigenvalue weighted by molar-refractivity contribution is 7.47. The van der Waals surface area contributed by atoms with Crippen LogP contribution >= 0.6 is 7.82 Å².